The minimum Gasteiger partial charge on any atom is -0.497 e. The number of nitrogen functional groups attached to an aromatic ring is 2. The van der Waals surface area contributed by atoms with Gasteiger partial charge in [-0.2, -0.15) is 0 Å². The number of nitrogens with one attached hydrogen (secondary N) is 2. The van der Waals surface area contributed by atoms with E-state index in [0.29, 0.717) is 40.9 Å². The van der Waals surface area contributed by atoms with E-state index in [9.17, 15) is 9.59 Å². The third kappa shape index (κ3) is 8.51. The highest BCUT2D eigenvalue weighted by atomic mass is 35.5. The van der Waals surface area contributed by atoms with Crippen molar-refractivity contribution >= 4 is 46.3 Å². The molecule has 4 rings (SSSR count). The number of rotatable bonds is 9. The van der Waals surface area contributed by atoms with E-state index in [2.05, 4.69) is 20.6 Å². The van der Waals surface area contributed by atoms with E-state index in [0.717, 1.165) is 17.1 Å². The van der Waals surface area contributed by atoms with Crippen molar-refractivity contribution < 1.29 is 24.5 Å². The molecule has 0 saturated carbocycles. The van der Waals surface area contributed by atoms with Gasteiger partial charge < -0.3 is 37.1 Å². The molecule has 8 N–H and O–H groups in total. The predicted octanol–water partition coefficient (Wildman–Crippen LogP) is 4.61. The number of pyridine rings is 2. The van der Waals surface area contributed by atoms with Crippen molar-refractivity contribution in [2.45, 2.75) is 13.1 Å². The van der Waals surface area contributed by atoms with Crippen molar-refractivity contribution in [3.05, 3.63) is 101 Å². The molecule has 0 atom stereocenters. The summed E-state index contributed by atoms with van der Waals surface area (Å²) in [5.41, 5.74) is 15.3. The molecule has 202 valence electrons. The van der Waals surface area contributed by atoms with E-state index in [-0.39, 0.29) is 11.1 Å². The number of carboxylic acids is 2. The molecule has 0 aliphatic carbocycles. The topological polar surface area (TPSA) is 186 Å². The molecule has 39 heavy (non-hydrogen) atoms. The number of hydrogen-bond acceptors (Lipinski definition) is 9. The number of nitrogens with two attached hydrogens (primary N) is 2. The second kappa shape index (κ2) is 13.5. The Kier molecular flexibility index (Phi) is 9.88. The molecule has 11 nitrogen and oxygen atoms in total. The molecule has 0 saturated heterocycles. The summed E-state index contributed by atoms with van der Waals surface area (Å²) in [6.07, 6.45) is 2.58. The summed E-state index contributed by atoms with van der Waals surface area (Å²) in [7, 11) is 1.61. The summed E-state index contributed by atoms with van der Waals surface area (Å²) < 4.78 is 5.07. The molecule has 0 unspecified atom stereocenters. The highest BCUT2D eigenvalue weighted by Crippen LogP contribution is 2.19. The number of carboxylic acid groups (broad SMARTS) is 2. The second-order valence-electron chi connectivity index (χ2n) is 8.08. The fraction of sp³-hybridized carbons (Fsp3) is 0.111. The number of aromatic carboxylic acids is 2. The molecule has 0 radical (unpaired) electrons. The van der Waals surface area contributed by atoms with Crippen molar-refractivity contribution in [3.8, 4) is 5.75 Å². The molecule has 0 aliphatic rings. The van der Waals surface area contributed by atoms with Gasteiger partial charge >= 0.3 is 11.9 Å². The number of carbonyl (C=O) groups is 2. The summed E-state index contributed by atoms with van der Waals surface area (Å²) in [5.74, 6) is -1.31. The molecule has 0 fully saturated rings. The largest absolute Gasteiger partial charge is 0.497 e. The Morgan fingerprint density at radius 1 is 0.821 bits per heavy atom. The maximum absolute atomic E-state index is 10.8. The standard InChI is InChI=1S/C14H15N3O3.C13H12ClN3O2/c1-20-11-4-2-10(3-5-11)16-8-13-12(15)6-9(7-17-13)14(18)19;14-9-2-1-3-10(5-9)16-7-12-11(15)4-8(6-17-12)13(18)19/h2-7,16H,8,15H2,1H3,(H,18,19);1-6,16H,7,15H2,(H,18,19). The van der Waals surface area contributed by atoms with Crippen LogP contribution in [0.3, 0.4) is 0 Å². The number of nitrogens with zero attached hydrogens (tertiary/aromatic N) is 2. The molecule has 0 spiro atoms. The van der Waals surface area contributed by atoms with Gasteiger partial charge in [0.2, 0.25) is 0 Å². The fourth-order valence-corrected chi connectivity index (χ4v) is 3.42. The monoisotopic (exact) mass is 550 g/mol. The molecule has 2 aromatic heterocycles. The van der Waals surface area contributed by atoms with Gasteiger partial charge in [0.1, 0.15) is 5.75 Å². The van der Waals surface area contributed by atoms with E-state index >= 15 is 0 Å². The van der Waals surface area contributed by atoms with Crippen LogP contribution in [0.15, 0.2) is 73.1 Å². The Morgan fingerprint density at radius 3 is 1.77 bits per heavy atom. The van der Waals surface area contributed by atoms with Gasteiger partial charge in [-0.05, 0) is 54.6 Å². The van der Waals surface area contributed by atoms with Crippen LogP contribution in [0.2, 0.25) is 5.02 Å². The average Bonchev–Trinajstić information content (AvgIpc) is 2.92. The molecule has 2 aromatic carbocycles. The highest BCUT2D eigenvalue weighted by molar-refractivity contribution is 6.30. The normalized spacial score (nSPS) is 10.1. The predicted molar refractivity (Wildman–Crippen MR) is 150 cm³/mol. The smallest absolute Gasteiger partial charge is 0.337 e. The Balaban J connectivity index is 0.000000216. The van der Waals surface area contributed by atoms with Crippen molar-refractivity contribution in [1.82, 2.24) is 9.97 Å². The van der Waals surface area contributed by atoms with Crippen LogP contribution in [-0.2, 0) is 13.1 Å². The first kappa shape index (κ1) is 28.5. The van der Waals surface area contributed by atoms with E-state index in [1.807, 2.05) is 36.4 Å². The maximum Gasteiger partial charge on any atom is 0.337 e. The lowest BCUT2D eigenvalue weighted by Crippen LogP contribution is -2.07. The summed E-state index contributed by atoms with van der Waals surface area (Å²) >= 11 is 5.87. The number of ether oxygens (including phenoxy) is 1. The molecule has 12 heteroatoms. The summed E-state index contributed by atoms with van der Waals surface area (Å²) in [4.78, 5) is 29.6. The summed E-state index contributed by atoms with van der Waals surface area (Å²) in [6.45, 7) is 0.810. The zero-order valence-electron chi connectivity index (χ0n) is 20.9. The average molecular weight is 551 g/mol. The number of methoxy groups -OCH3 is 1. The molecular formula is C27H27ClN6O5. The van der Waals surface area contributed by atoms with Gasteiger partial charge in [-0.15, -0.1) is 0 Å². The van der Waals surface area contributed by atoms with Crippen molar-refractivity contribution in [1.29, 1.82) is 0 Å². The molecule has 0 amide bonds. The van der Waals surface area contributed by atoms with Crippen LogP contribution in [0, 0.1) is 0 Å². The van der Waals surface area contributed by atoms with Gasteiger partial charge in [0.25, 0.3) is 0 Å². The summed E-state index contributed by atoms with van der Waals surface area (Å²) in [6, 6.07) is 17.5. The van der Waals surface area contributed by atoms with Gasteiger partial charge in [-0.1, -0.05) is 17.7 Å². The zero-order chi connectivity index (χ0) is 28.4. The fourth-order valence-electron chi connectivity index (χ4n) is 3.23. The third-order valence-electron chi connectivity index (χ3n) is 5.34. The van der Waals surface area contributed by atoms with Gasteiger partial charge in [-0.3, -0.25) is 9.97 Å². The minimum absolute atomic E-state index is 0.0732. The molecule has 0 bridgehead atoms. The Morgan fingerprint density at radius 2 is 1.33 bits per heavy atom. The van der Waals surface area contributed by atoms with Crippen LogP contribution in [0.25, 0.3) is 0 Å². The number of hydrogen-bond donors (Lipinski definition) is 6. The third-order valence-corrected chi connectivity index (χ3v) is 5.57. The van der Waals surface area contributed by atoms with Crippen LogP contribution >= 0.6 is 11.6 Å². The number of halogens is 1. The van der Waals surface area contributed by atoms with Gasteiger partial charge in [0.15, 0.2) is 0 Å². The zero-order valence-corrected chi connectivity index (χ0v) is 21.6. The molecule has 2 heterocycles. The SMILES string of the molecule is COc1ccc(NCc2ncc(C(=O)O)cc2N)cc1.Nc1cc(C(=O)O)cnc1CNc1cccc(Cl)c1. The van der Waals surface area contributed by atoms with E-state index in [1.165, 1.54) is 24.5 Å². The van der Waals surface area contributed by atoms with Crippen LogP contribution < -0.4 is 26.8 Å². The van der Waals surface area contributed by atoms with Crippen LogP contribution in [0.5, 0.6) is 5.75 Å². The van der Waals surface area contributed by atoms with E-state index in [1.54, 1.807) is 19.2 Å². The second-order valence-corrected chi connectivity index (χ2v) is 8.51. The van der Waals surface area contributed by atoms with Crippen molar-refractivity contribution in [2.24, 2.45) is 0 Å². The number of aromatic nitrogens is 2. The van der Waals surface area contributed by atoms with Crippen molar-refractivity contribution in [2.75, 3.05) is 29.2 Å². The Hall–Kier alpha value is -5.03. The molecule has 4 aromatic rings. The first-order chi connectivity index (χ1) is 18.7. The maximum atomic E-state index is 10.8. The van der Waals surface area contributed by atoms with Gasteiger partial charge in [0.05, 0.1) is 54.1 Å². The lowest BCUT2D eigenvalue weighted by molar-refractivity contribution is 0.0685. The lowest BCUT2D eigenvalue weighted by atomic mass is 10.2. The van der Waals surface area contributed by atoms with Gasteiger partial charge in [-0.25, -0.2) is 9.59 Å². The minimum atomic E-state index is -1.05. The first-order valence-electron chi connectivity index (χ1n) is 11.5. The van der Waals surface area contributed by atoms with E-state index in [4.69, 9.17) is 38.0 Å². The van der Waals surface area contributed by atoms with Crippen LogP contribution in [0.1, 0.15) is 32.1 Å². The van der Waals surface area contributed by atoms with E-state index < -0.39 is 11.9 Å². The number of benzene rings is 2. The number of anilines is 4. The summed E-state index contributed by atoms with van der Waals surface area (Å²) in [5, 5.41) is 24.6. The van der Waals surface area contributed by atoms with Crippen LogP contribution in [-0.4, -0.2) is 39.2 Å². The lowest BCUT2D eigenvalue weighted by Gasteiger charge is -2.09. The first-order valence-corrected chi connectivity index (χ1v) is 11.9. The molecular weight excluding hydrogens is 524 g/mol. The Bertz CT molecular complexity index is 1450. The Labute approximate surface area is 229 Å². The van der Waals surface area contributed by atoms with Crippen LogP contribution in [0.4, 0.5) is 22.7 Å². The quantitative estimate of drug-likeness (QED) is 0.171. The molecule has 0 aliphatic heterocycles. The van der Waals surface area contributed by atoms with Gasteiger partial charge in [0, 0.05) is 28.8 Å². The van der Waals surface area contributed by atoms with Crippen molar-refractivity contribution in [3.63, 3.8) is 0 Å². The highest BCUT2D eigenvalue weighted by Gasteiger charge is 2.09.